The Morgan fingerprint density at radius 1 is 1.28 bits per heavy atom. The first kappa shape index (κ1) is 14.3. The van der Waals surface area contributed by atoms with Gasteiger partial charge in [-0.3, -0.25) is 0 Å². The van der Waals surface area contributed by atoms with E-state index in [9.17, 15) is 0 Å². The third-order valence-corrected chi connectivity index (χ3v) is 4.52. The average Bonchev–Trinajstić information content (AvgIpc) is 2.39. The van der Waals surface area contributed by atoms with Gasteiger partial charge < -0.3 is 20.7 Å². The largest absolute Gasteiger partial charge is 0.381 e. The van der Waals surface area contributed by atoms with Gasteiger partial charge in [0.2, 0.25) is 0 Å². The number of hydrogen-bond acceptors (Lipinski definition) is 4. The van der Waals surface area contributed by atoms with Crippen LogP contribution in [0.15, 0.2) is 0 Å². The third kappa shape index (κ3) is 3.67. The van der Waals surface area contributed by atoms with Crippen molar-refractivity contribution in [1.82, 2.24) is 10.2 Å². The zero-order chi connectivity index (χ0) is 13.0. The van der Waals surface area contributed by atoms with Crippen LogP contribution in [0.1, 0.15) is 26.7 Å². The highest BCUT2D eigenvalue weighted by Crippen LogP contribution is 2.31. The van der Waals surface area contributed by atoms with E-state index in [0.717, 1.165) is 58.8 Å². The van der Waals surface area contributed by atoms with Crippen LogP contribution in [0, 0.1) is 11.3 Å². The van der Waals surface area contributed by atoms with Gasteiger partial charge in [-0.15, -0.1) is 0 Å². The van der Waals surface area contributed by atoms with Crippen LogP contribution in [-0.4, -0.2) is 56.9 Å². The Labute approximate surface area is 111 Å². The Morgan fingerprint density at radius 3 is 2.50 bits per heavy atom. The lowest BCUT2D eigenvalue weighted by Crippen LogP contribution is -2.53. The molecule has 2 aliphatic rings. The molecule has 0 radical (unpaired) electrons. The molecule has 0 aliphatic carbocycles. The SMILES string of the molecule is CC(C)(CN1CCNCC1)C(N)C1CCOCC1. The molecular formula is C14H29N3O. The third-order valence-electron chi connectivity index (χ3n) is 4.52. The van der Waals surface area contributed by atoms with Gasteiger partial charge in [-0.05, 0) is 24.2 Å². The van der Waals surface area contributed by atoms with E-state index in [4.69, 9.17) is 10.5 Å². The summed E-state index contributed by atoms with van der Waals surface area (Å²) >= 11 is 0. The number of nitrogens with two attached hydrogens (primary N) is 1. The first-order chi connectivity index (χ1) is 8.59. The van der Waals surface area contributed by atoms with Gasteiger partial charge in [0.25, 0.3) is 0 Å². The van der Waals surface area contributed by atoms with E-state index in [1.54, 1.807) is 0 Å². The number of hydrogen-bond donors (Lipinski definition) is 2. The molecule has 2 rings (SSSR count). The zero-order valence-electron chi connectivity index (χ0n) is 12.0. The Balaban J connectivity index is 1.86. The minimum Gasteiger partial charge on any atom is -0.381 e. The summed E-state index contributed by atoms with van der Waals surface area (Å²) in [6.45, 7) is 12.1. The van der Waals surface area contributed by atoms with Crippen LogP contribution in [0.4, 0.5) is 0 Å². The number of rotatable bonds is 4. The second kappa shape index (κ2) is 6.33. The highest BCUT2D eigenvalue weighted by atomic mass is 16.5. The van der Waals surface area contributed by atoms with Gasteiger partial charge >= 0.3 is 0 Å². The molecule has 0 aromatic rings. The van der Waals surface area contributed by atoms with E-state index in [-0.39, 0.29) is 11.5 Å². The smallest absolute Gasteiger partial charge is 0.0469 e. The van der Waals surface area contributed by atoms with Crippen LogP contribution in [0.25, 0.3) is 0 Å². The lowest BCUT2D eigenvalue weighted by atomic mass is 9.74. The van der Waals surface area contributed by atoms with Gasteiger partial charge in [-0.25, -0.2) is 0 Å². The second-order valence-electron chi connectivity index (χ2n) is 6.49. The van der Waals surface area contributed by atoms with Gasteiger partial charge in [0.1, 0.15) is 0 Å². The molecular weight excluding hydrogens is 226 g/mol. The minimum absolute atomic E-state index is 0.194. The van der Waals surface area contributed by atoms with Crippen LogP contribution in [0.2, 0.25) is 0 Å². The van der Waals surface area contributed by atoms with Crippen molar-refractivity contribution >= 4 is 0 Å². The summed E-state index contributed by atoms with van der Waals surface area (Å²) in [6, 6.07) is 0.288. The van der Waals surface area contributed by atoms with E-state index >= 15 is 0 Å². The molecule has 0 amide bonds. The number of ether oxygens (including phenoxy) is 1. The van der Waals surface area contributed by atoms with Crippen molar-refractivity contribution in [1.29, 1.82) is 0 Å². The van der Waals surface area contributed by atoms with Gasteiger partial charge in [-0.1, -0.05) is 13.8 Å². The molecule has 0 spiro atoms. The molecule has 0 aromatic carbocycles. The highest BCUT2D eigenvalue weighted by molar-refractivity contribution is 4.90. The zero-order valence-corrected chi connectivity index (χ0v) is 12.0. The van der Waals surface area contributed by atoms with E-state index in [1.807, 2.05) is 0 Å². The van der Waals surface area contributed by atoms with Crippen molar-refractivity contribution in [3.05, 3.63) is 0 Å². The van der Waals surface area contributed by atoms with Gasteiger partial charge in [0, 0.05) is 52.0 Å². The average molecular weight is 255 g/mol. The fraction of sp³-hybridized carbons (Fsp3) is 1.00. The Kier molecular flexibility index (Phi) is 5.01. The van der Waals surface area contributed by atoms with Crippen molar-refractivity contribution in [2.24, 2.45) is 17.1 Å². The van der Waals surface area contributed by atoms with Crippen molar-refractivity contribution in [3.63, 3.8) is 0 Å². The van der Waals surface area contributed by atoms with E-state index in [0.29, 0.717) is 5.92 Å². The van der Waals surface area contributed by atoms with Crippen molar-refractivity contribution < 1.29 is 4.74 Å². The summed E-state index contributed by atoms with van der Waals surface area (Å²) < 4.78 is 5.44. The molecule has 1 atom stereocenters. The Bertz CT molecular complexity index is 245. The fourth-order valence-electron chi connectivity index (χ4n) is 3.26. The fourth-order valence-corrected chi connectivity index (χ4v) is 3.26. The molecule has 2 aliphatic heterocycles. The van der Waals surface area contributed by atoms with Gasteiger partial charge in [-0.2, -0.15) is 0 Å². The van der Waals surface area contributed by atoms with Crippen LogP contribution in [0.5, 0.6) is 0 Å². The molecule has 3 N–H and O–H groups in total. The van der Waals surface area contributed by atoms with Crippen molar-refractivity contribution in [2.75, 3.05) is 45.9 Å². The molecule has 2 saturated heterocycles. The van der Waals surface area contributed by atoms with Crippen LogP contribution in [-0.2, 0) is 4.74 Å². The lowest BCUT2D eigenvalue weighted by molar-refractivity contribution is 0.0312. The van der Waals surface area contributed by atoms with Gasteiger partial charge in [0.05, 0.1) is 0 Å². The molecule has 4 heteroatoms. The summed E-state index contributed by atoms with van der Waals surface area (Å²) in [6.07, 6.45) is 2.26. The molecule has 1 unspecified atom stereocenters. The predicted molar refractivity (Wildman–Crippen MR) is 74.6 cm³/mol. The first-order valence-corrected chi connectivity index (χ1v) is 7.36. The molecule has 18 heavy (non-hydrogen) atoms. The van der Waals surface area contributed by atoms with Crippen LogP contribution in [0.3, 0.4) is 0 Å². The molecule has 2 fully saturated rings. The summed E-state index contributed by atoms with van der Waals surface area (Å²) in [5.41, 5.74) is 6.74. The number of nitrogens with one attached hydrogen (secondary N) is 1. The maximum Gasteiger partial charge on any atom is 0.0469 e. The summed E-state index contributed by atoms with van der Waals surface area (Å²) in [5, 5.41) is 3.40. The molecule has 106 valence electrons. The summed E-state index contributed by atoms with van der Waals surface area (Å²) in [4.78, 5) is 2.55. The molecule has 2 heterocycles. The molecule has 0 aromatic heterocycles. The minimum atomic E-state index is 0.194. The maximum atomic E-state index is 6.55. The van der Waals surface area contributed by atoms with Crippen molar-refractivity contribution in [3.8, 4) is 0 Å². The first-order valence-electron chi connectivity index (χ1n) is 7.36. The standard InChI is InChI=1S/C14H29N3O/c1-14(2,11-17-7-5-16-6-8-17)13(15)12-3-9-18-10-4-12/h12-13,16H,3-11,15H2,1-2H3. The Hall–Kier alpha value is -0.160. The second-order valence-corrected chi connectivity index (χ2v) is 6.49. The van der Waals surface area contributed by atoms with Crippen LogP contribution < -0.4 is 11.1 Å². The molecule has 4 nitrogen and oxygen atoms in total. The normalized spacial score (nSPS) is 26.2. The van der Waals surface area contributed by atoms with E-state index in [2.05, 4.69) is 24.1 Å². The maximum absolute atomic E-state index is 6.55. The number of piperazine rings is 1. The highest BCUT2D eigenvalue weighted by Gasteiger charge is 2.35. The van der Waals surface area contributed by atoms with E-state index < -0.39 is 0 Å². The quantitative estimate of drug-likeness (QED) is 0.775. The van der Waals surface area contributed by atoms with Crippen molar-refractivity contribution in [2.45, 2.75) is 32.7 Å². The summed E-state index contributed by atoms with van der Waals surface area (Å²) in [7, 11) is 0. The lowest BCUT2D eigenvalue weighted by Gasteiger charge is -2.42. The molecule has 0 saturated carbocycles. The summed E-state index contributed by atoms with van der Waals surface area (Å²) in [5.74, 6) is 0.636. The number of nitrogens with zero attached hydrogens (tertiary/aromatic N) is 1. The monoisotopic (exact) mass is 255 g/mol. The van der Waals surface area contributed by atoms with Gasteiger partial charge in [0.15, 0.2) is 0 Å². The predicted octanol–water partition coefficient (Wildman–Crippen LogP) is 0.672. The van der Waals surface area contributed by atoms with E-state index in [1.165, 1.54) is 0 Å². The Morgan fingerprint density at radius 2 is 1.89 bits per heavy atom. The topological polar surface area (TPSA) is 50.5 Å². The van der Waals surface area contributed by atoms with Crippen LogP contribution >= 0.6 is 0 Å². The molecule has 0 bridgehead atoms.